The molecule has 31 heavy (non-hydrogen) atoms. The summed E-state index contributed by atoms with van der Waals surface area (Å²) >= 11 is 1.44. The minimum Gasteiger partial charge on any atom is -0.451 e. The van der Waals surface area contributed by atoms with Gasteiger partial charge in [-0.15, -0.1) is 0 Å². The molecular formula is C24H24N4O2S. The Hall–Kier alpha value is -2.90. The lowest BCUT2D eigenvalue weighted by Crippen LogP contribution is -2.50. The van der Waals surface area contributed by atoms with E-state index in [9.17, 15) is 4.79 Å². The molecule has 1 saturated heterocycles. The minimum atomic E-state index is -0.244. The maximum atomic E-state index is 13.1. The highest BCUT2D eigenvalue weighted by molar-refractivity contribution is 8.00. The van der Waals surface area contributed by atoms with Crippen molar-refractivity contribution in [1.29, 1.82) is 0 Å². The first-order valence-corrected chi connectivity index (χ1v) is 11.4. The fourth-order valence-electron chi connectivity index (χ4n) is 4.03. The zero-order valence-corrected chi connectivity index (χ0v) is 18.2. The van der Waals surface area contributed by atoms with E-state index < -0.39 is 0 Å². The zero-order valence-electron chi connectivity index (χ0n) is 17.4. The van der Waals surface area contributed by atoms with Crippen molar-refractivity contribution in [2.24, 2.45) is 0 Å². The predicted octanol–water partition coefficient (Wildman–Crippen LogP) is 4.20. The fraction of sp³-hybridized carbons (Fsp3) is 0.292. The number of carbonyl (C=O) groups is 1. The van der Waals surface area contributed by atoms with E-state index in [1.54, 1.807) is 6.33 Å². The Kier molecular flexibility index (Phi) is 5.61. The van der Waals surface area contributed by atoms with Gasteiger partial charge in [-0.25, -0.2) is 9.97 Å². The second-order valence-electron chi connectivity index (χ2n) is 7.80. The van der Waals surface area contributed by atoms with Crippen molar-refractivity contribution in [2.45, 2.75) is 23.7 Å². The van der Waals surface area contributed by atoms with Crippen LogP contribution in [0.3, 0.4) is 0 Å². The molecule has 6 nitrogen and oxygen atoms in total. The standard InChI is InChI=1S/C24H24N4O2S/c1-17(24(29)28-13-11-27(12-14-28)15-18-7-3-2-4-8-18)31-23-22-21(25-16-26-23)19-9-5-6-10-20(19)30-22/h2-10,16-17H,11-15H2,1H3. The molecule has 0 aliphatic carbocycles. The summed E-state index contributed by atoms with van der Waals surface area (Å²) < 4.78 is 6.00. The number of furan rings is 1. The molecule has 0 saturated carbocycles. The van der Waals surface area contributed by atoms with Gasteiger partial charge in [0.25, 0.3) is 0 Å². The summed E-state index contributed by atoms with van der Waals surface area (Å²) in [5, 5.41) is 1.44. The Bertz CT molecular complexity index is 1200. The van der Waals surface area contributed by atoms with Gasteiger partial charge >= 0.3 is 0 Å². The van der Waals surface area contributed by atoms with Crippen molar-refractivity contribution < 1.29 is 9.21 Å². The first-order valence-electron chi connectivity index (χ1n) is 10.5. The van der Waals surface area contributed by atoms with E-state index in [4.69, 9.17) is 4.42 Å². The van der Waals surface area contributed by atoms with Crippen molar-refractivity contribution in [3.63, 3.8) is 0 Å². The normalized spacial score (nSPS) is 16.1. The van der Waals surface area contributed by atoms with Gasteiger partial charge in [-0.05, 0) is 24.6 Å². The maximum Gasteiger partial charge on any atom is 0.235 e. The van der Waals surface area contributed by atoms with E-state index in [-0.39, 0.29) is 11.2 Å². The molecule has 1 unspecified atom stereocenters. The molecule has 4 aromatic rings. The monoisotopic (exact) mass is 432 g/mol. The smallest absolute Gasteiger partial charge is 0.235 e. The zero-order chi connectivity index (χ0) is 21.2. The molecule has 1 aliphatic rings. The van der Waals surface area contributed by atoms with Crippen LogP contribution in [0, 0.1) is 0 Å². The molecule has 0 radical (unpaired) electrons. The number of piperazine rings is 1. The second kappa shape index (κ2) is 8.69. The van der Waals surface area contributed by atoms with Crippen LogP contribution in [0.4, 0.5) is 0 Å². The molecule has 2 aromatic carbocycles. The summed E-state index contributed by atoms with van der Waals surface area (Å²) in [6.45, 7) is 6.15. The molecule has 5 rings (SSSR count). The highest BCUT2D eigenvalue weighted by Crippen LogP contribution is 2.34. The molecule has 1 atom stereocenters. The number of rotatable bonds is 5. The number of hydrogen-bond donors (Lipinski definition) is 0. The molecule has 3 heterocycles. The van der Waals surface area contributed by atoms with Gasteiger partial charge in [0.05, 0.1) is 5.25 Å². The van der Waals surface area contributed by atoms with Crippen LogP contribution in [0.15, 0.2) is 70.4 Å². The fourth-order valence-corrected chi connectivity index (χ4v) is 4.97. The van der Waals surface area contributed by atoms with Crippen LogP contribution < -0.4 is 0 Å². The highest BCUT2D eigenvalue weighted by atomic mass is 32.2. The van der Waals surface area contributed by atoms with Gasteiger partial charge in [-0.1, -0.05) is 54.2 Å². The number of nitrogens with zero attached hydrogens (tertiary/aromatic N) is 4. The van der Waals surface area contributed by atoms with E-state index in [1.165, 1.54) is 17.3 Å². The van der Waals surface area contributed by atoms with Gasteiger partial charge in [0, 0.05) is 38.1 Å². The lowest BCUT2D eigenvalue weighted by molar-refractivity contribution is -0.132. The largest absolute Gasteiger partial charge is 0.451 e. The molecule has 1 fully saturated rings. The molecular weight excluding hydrogens is 408 g/mol. The number of hydrogen-bond acceptors (Lipinski definition) is 6. The van der Waals surface area contributed by atoms with E-state index in [2.05, 4.69) is 39.1 Å². The minimum absolute atomic E-state index is 0.146. The van der Waals surface area contributed by atoms with E-state index >= 15 is 0 Å². The van der Waals surface area contributed by atoms with E-state index in [0.717, 1.165) is 49.2 Å². The molecule has 0 bridgehead atoms. The molecule has 158 valence electrons. The van der Waals surface area contributed by atoms with Crippen molar-refractivity contribution in [1.82, 2.24) is 19.8 Å². The highest BCUT2D eigenvalue weighted by Gasteiger charge is 2.27. The predicted molar refractivity (Wildman–Crippen MR) is 123 cm³/mol. The molecule has 2 aromatic heterocycles. The van der Waals surface area contributed by atoms with Gasteiger partial charge in [-0.2, -0.15) is 0 Å². The van der Waals surface area contributed by atoms with Crippen molar-refractivity contribution >= 4 is 39.7 Å². The van der Waals surface area contributed by atoms with Crippen LogP contribution >= 0.6 is 11.8 Å². The van der Waals surface area contributed by atoms with E-state index in [1.807, 2.05) is 42.2 Å². The third-order valence-corrected chi connectivity index (χ3v) is 6.76. The summed E-state index contributed by atoms with van der Waals surface area (Å²) in [6.07, 6.45) is 1.55. The Morgan fingerprint density at radius 3 is 2.58 bits per heavy atom. The first kappa shape index (κ1) is 20.0. The lowest BCUT2D eigenvalue weighted by atomic mass is 10.2. The molecule has 0 spiro atoms. The quantitative estimate of drug-likeness (QED) is 0.348. The van der Waals surface area contributed by atoms with Gasteiger partial charge in [-0.3, -0.25) is 9.69 Å². The second-order valence-corrected chi connectivity index (χ2v) is 9.13. The number of amides is 1. The number of benzene rings is 2. The van der Waals surface area contributed by atoms with Crippen molar-refractivity contribution in [3.05, 3.63) is 66.5 Å². The third kappa shape index (κ3) is 4.16. The Labute approximate surface area is 185 Å². The lowest BCUT2D eigenvalue weighted by Gasteiger charge is -2.35. The van der Waals surface area contributed by atoms with Crippen LogP contribution in [0.2, 0.25) is 0 Å². The number of fused-ring (bicyclic) bond motifs is 3. The molecule has 7 heteroatoms. The first-order chi connectivity index (χ1) is 15.2. The van der Waals surface area contributed by atoms with Crippen LogP contribution in [0.1, 0.15) is 12.5 Å². The van der Waals surface area contributed by atoms with Gasteiger partial charge < -0.3 is 9.32 Å². The molecule has 0 N–H and O–H groups in total. The van der Waals surface area contributed by atoms with Crippen LogP contribution in [-0.2, 0) is 11.3 Å². The SMILES string of the molecule is CC(Sc1ncnc2c1oc1ccccc12)C(=O)N1CCN(Cc2ccccc2)CC1. The van der Waals surface area contributed by atoms with Gasteiger partial charge in [0.2, 0.25) is 5.91 Å². The summed E-state index contributed by atoms with van der Waals surface area (Å²) in [7, 11) is 0. The summed E-state index contributed by atoms with van der Waals surface area (Å²) in [5.74, 6) is 0.146. The Balaban J connectivity index is 1.24. The van der Waals surface area contributed by atoms with Crippen LogP contribution in [0.25, 0.3) is 22.1 Å². The number of aromatic nitrogens is 2. The maximum absolute atomic E-state index is 13.1. The number of para-hydroxylation sites is 1. The Morgan fingerprint density at radius 2 is 1.77 bits per heavy atom. The van der Waals surface area contributed by atoms with Crippen LogP contribution in [-0.4, -0.2) is 57.1 Å². The summed E-state index contributed by atoms with van der Waals surface area (Å²) in [5.41, 5.74) is 3.54. The van der Waals surface area contributed by atoms with Gasteiger partial charge in [0.15, 0.2) is 5.58 Å². The van der Waals surface area contributed by atoms with Crippen LogP contribution in [0.5, 0.6) is 0 Å². The summed E-state index contributed by atoms with van der Waals surface area (Å²) in [4.78, 5) is 26.3. The molecule has 1 amide bonds. The van der Waals surface area contributed by atoms with Crippen molar-refractivity contribution in [3.8, 4) is 0 Å². The number of thioether (sulfide) groups is 1. The number of carbonyl (C=O) groups excluding carboxylic acids is 1. The van der Waals surface area contributed by atoms with Gasteiger partial charge in [0.1, 0.15) is 22.5 Å². The summed E-state index contributed by atoms with van der Waals surface area (Å²) in [6, 6.07) is 18.3. The van der Waals surface area contributed by atoms with E-state index in [0.29, 0.717) is 10.6 Å². The third-order valence-electron chi connectivity index (χ3n) is 5.69. The topological polar surface area (TPSA) is 62.5 Å². The van der Waals surface area contributed by atoms with Crippen molar-refractivity contribution in [2.75, 3.05) is 26.2 Å². The Morgan fingerprint density at radius 1 is 1.03 bits per heavy atom. The molecule has 1 aliphatic heterocycles. The average Bonchev–Trinajstić information content (AvgIpc) is 3.20. The average molecular weight is 433 g/mol.